The van der Waals surface area contributed by atoms with Gasteiger partial charge in [-0.1, -0.05) is 6.07 Å². The Hall–Kier alpha value is -2.28. The first kappa shape index (κ1) is 16.8. The van der Waals surface area contributed by atoms with E-state index in [1.807, 2.05) is 19.9 Å². The predicted octanol–water partition coefficient (Wildman–Crippen LogP) is 1.36. The molecule has 0 atom stereocenters. The predicted molar refractivity (Wildman–Crippen MR) is 85.9 cm³/mol. The van der Waals surface area contributed by atoms with E-state index in [2.05, 4.69) is 23.1 Å². The fourth-order valence-electron chi connectivity index (χ4n) is 1.51. The third-order valence-corrected chi connectivity index (χ3v) is 2.41. The van der Waals surface area contributed by atoms with Crippen molar-refractivity contribution in [3.05, 3.63) is 29.8 Å². The molecule has 0 fully saturated rings. The molecule has 6 nitrogen and oxygen atoms in total. The molecule has 0 bridgehead atoms. The average Bonchev–Trinajstić information content (AvgIpc) is 2.45. The summed E-state index contributed by atoms with van der Waals surface area (Å²) < 4.78 is 11.0. The average molecular weight is 309 g/mol. The van der Waals surface area contributed by atoms with Gasteiger partial charge >= 0.3 is 0 Å². The lowest BCUT2D eigenvalue weighted by molar-refractivity contribution is -0.116. The Morgan fingerprint density at radius 1 is 1.24 bits per heavy atom. The third kappa shape index (κ3) is 6.13. The SMILES string of the molecule is CCOc1ccc(/C=C/C(=O)NNC(N)=S)cc1OCC. The number of thiocarbonyl (C=S) groups is 1. The molecule has 1 rings (SSSR count). The molecule has 0 aliphatic rings. The van der Waals surface area contributed by atoms with Crippen LogP contribution in [0.15, 0.2) is 24.3 Å². The molecule has 7 heteroatoms. The van der Waals surface area contributed by atoms with Crippen LogP contribution in [0.2, 0.25) is 0 Å². The quantitative estimate of drug-likeness (QED) is 0.418. The molecule has 0 aliphatic carbocycles. The number of hydrogen-bond donors (Lipinski definition) is 3. The molecule has 0 radical (unpaired) electrons. The highest BCUT2D eigenvalue weighted by Crippen LogP contribution is 2.28. The van der Waals surface area contributed by atoms with E-state index in [9.17, 15) is 4.79 Å². The summed E-state index contributed by atoms with van der Waals surface area (Å²) in [6.07, 6.45) is 3.01. The third-order valence-electron chi connectivity index (χ3n) is 2.30. The second-order valence-electron chi connectivity index (χ2n) is 3.88. The van der Waals surface area contributed by atoms with E-state index in [1.54, 1.807) is 18.2 Å². The number of benzene rings is 1. The topological polar surface area (TPSA) is 85.6 Å². The van der Waals surface area contributed by atoms with Gasteiger partial charge in [0.2, 0.25) is 0 Å². The van der Waals surface area contributed by atoms with Gasteiger partial charge in [0.05, 0.1) is 13.2 Å². The van der Waals surface area contributed by atoms with E-state index in [4.69, 9.17) is 15.2 Å². The van der Waals surface area contributed by atoms with Crippen LogP contribution in [-0.4, -0.2) is 24.2 Å². The fourth-order valence-corrected chi connectivity index (χ4v) is 1.56. The summed E-state index contributed by atoms with van der Waals surface area (Å²) >= 11 is 4.57. The molecule has 0 heterocycles. The van der Waals surface area contributed by atoms with Gasteiger partial charge < -0.3 is 15.2 Å². The summed E-state index contributed by atoms with van der Waals surface area (Å²) in [4.78, 5) is 11.5. The Kier molecular flexibility index (Phi) is 7.03. The van der Waals surface area contributed by atoms with Gasteiger partial charge in [0.1, 0.15) is 0 Å². The first-order valence-electron chi connectivity index (χ1n) is 6.50. The molecular formula is C14H19N3O3S. The molecule has 0 aliphatic heterocycles. The van der Waals surface area contributed by atoms with Crippen molar-refractivity contribution in [2.45, 2.75) is 13.8 Å². The van der Waals surface area contributed by atoms with Crippen LogP contribution in [-0.2, 0) is 4.79 Å². The lowest BCUT2D eigenvalue weighted by Crippen LogP contribution is -2.43. The molecule has 114 valence electrons. The molecular weight excluding hydrogens is 290 g/mol. The second kappa shape index (κ2) is 8.80. The van der Waals surface area contributed by atoms with Crippen LogP contribution >= 0.6 is 12.2 Å². The van der Waals surface area contributed by atoms with Gasteiger partial charge in [-0.3, -0.25) is 15.6 Å². The second-order valence-corrected chi connectivity index (χ2v) is 4.32. The van der Waals surface area contributed by atoms with Crippen molar-refractivity contribution in [1.82, 2.24) is 10.9 Å². The van der Waals surface area contributed by atoms with Crippen molar-refractivity contribution in [1.29, 1.82) is 0 Å². The van der Waals surface area contributed by atoms with Crippen LogP contribution in [0.25, 0.3) is 6.08 Å². The highest BCUT2D eigenvalue weighted by molar-refractivity contribution is 7.80. The largest absolute Gasteiger partial charge is 0.490 e. The van der Waals surface area contributed by atoms with Crippen LogP contribution in [0.3, 0.4) is 0 Å². The van der Waals surface area contributed by atoms with Crippen molar-refractivity contribution in [3.63, 3.8) is 0 Å². The molecule has 1 aromatic rings. The Morgan fingerprint density at radius 2 is 1.90 bits per heavy atom. The van der Waals surface area contributed by atoms with Crippen molar-refractivity contribution >= 4 is 29.3 Å². The zero-order valence-corrected chi connectivity index (χ0v) is 12.8. The highest BCUT2D eigenvalue weighted by atomic mass is 32.1. The summed E-state index contributed by atoms with van der Waals surface area (Å²) in [6.45, 7) is 4.89. The zero-order valence-electron chi connectivity index (χ0n) is 12.0. The number of nitrogens with two attached hydrogens (primary N) is 1. The Labute approximate surface area is 129 Å². The molecule has 0 spiro atoms. The number of carbonyl (C=O) groups is 1. The minimum atomic E-state index is -0.366. The lowest BCUT2D eigenvalue weighted by atomic mass is 10.2. The highest BCUT2D eigenvalue weighted by Gasteiger charge is 2.05. The van der Waals surface area contributed by atoms with Gasteiger partial charge in [0.15, 0.2) is 16.6 Å². The number of carbonyl (C=O) groups excluding carboxylic acids is 1. The van der Waals surface area contributed by atoms with E-state index in [1.165, 1.54) is 6.08 Å². The molecule has 0 saturated heterocycles. The molecule has 0 saturated carbocycles. The van der Waals surface area contributed by atoms with E-state index >= 15 is 0 Å². The van der Waals surface area contributed by atoms with Crippen LogP contribution in [0.1, 0.15) is 19.4 Å². The fraction of sp³-hybridized carbons (Fsp3) is 0.286. The summed E-state index contributed by atoms with van der Waals surface area (Å²) in [5, 5.41) is -0.00329. The van der Waals surface area contributed by atoms with Crippen LogP contribution in [0.4, 0.5) is 0 Å². The van der Waals surface area contributed by atoms with Gasteiger partial charge in [-0.05, 0) is 49.8 Å². The lowest BCUT2D eigenvalue weighted by Gasteiger charge is -2.11. The molecule has 0 unspecified atom stereocenters. The molecule has 1 aromatic carbocycles. The van der Waals surface area contributed by atoms with Gasteiger partial charge in [-0.2, -0.15) is 0 Å². The van der Waals surface area contributed by atoms with Crippen molar-refractivity contribution in [2.75, 3.05) is 13.2 Å². The Balaban J connectivity index is 2.76. The number of rotatable bonds is 6. The summed E-state index contributed by atoms with van der Waals surface area (Å²) in [6, 6.07) is 5.44. The van der Waals surface area contributed by atoms with E-state index in [-0.39, 0.29) is 11.0 Å². The monoisotopic (exact) mass is 309 g/mol. The van der Waals surface area contributed by atoms with E-state index < -0.39 is 0 Å². The van der Waals surface area contributed by atoms with Gasteiger partial charge in [-0.25, -0.2) is 0 Å². The van der Waals surface area contributed by atoms with Crippen molar-refractivity contribution in [3.8, 4) is 11.5 Å². The molecule has 1 amide bonds. The van der Waals surface area contributed by atoms with Crippen LogP contribution in [0, 0.1) is 0 Å². The number of ether oxygens (including phenoxy) is 2. The normalized spacial score (nSPS) is 10.2. The summed E-state index contributed by atoms with van der Waals surface area (Å²) in [5.41, 5.74) is 10.7. The first-order chi connectivity index (χ1) is 10.1. The summed E-state index contributed by atoms with van der Waals surface area (Å²) in [5.74, 6) is 0.953. The van der Waals surface area contributed by atoms with E-state index in [0.29, 0.717) is 24.7 Å². The Morgan fingerprint density at radius 3 is 2.52 bits per heavy atom. The number of hydrazine groups is 1. The standard InChI is InChI=1S/C14H19N3O3S/c1-3-19-11-7-5-10(9-12(11)20-4-2)6-8-13(18)16-17-14(15)21/h5-9H,3-4H2,1-2H3,(H,16,18)(H3,15,17,21)/b8-6+. The van der Waals surface area contributed by atoms with Crippen molar-refractivity contribution in [2.24, 2.45) is 5.73 Å². The number of amides is 1. The maximum atomic E-state index is 11.5. The number of hydrogen-bond acceptors (Lipinski definition) is 4. The number of nitrogens with one attached hydrogen (secondary N) is 2. The molecule has 0 aromatic heterocycles. The van der Waals surface area contributed by atoms with Crippen LogP contribution < -0.4 is 26.1 Å². The molecule has 21 heavy (non-hydrogen) atoms. The minimum absolute atomic E-state index is 0.00329. The first-order valence-corrected chi connectivity index (χ1v) is 6.90. The van der Waals surface area contributed by atoms with Crippen molar-refractivity contribution < 1.29 is 14.3 Å². The zero-order chi connectivity index (χ0) is 15.7. The maximum absolute atomic E-state index is 11.5. The molecule has 4 N–H and O–H groups in total. The Bertz CT molecular complexity index is 532. The summed E-state index contributed by atoms with van der Waals surface area (Å²) in [7, 11) is 0. The minimum Gasteiger partial charge on any atom is -0.490 e. The van der Waals surface area contributed by atoms with Gasteiger partial charge in [0, 0.05) is 6.08 Å². The maximum Gasteiger partial charge on any atom is 0.262 e. The van der Waals surface area contributed by atoms with Gasteiger partial charge in [-0.15, -0.1) is 0 Å². The van der Waals surface area contributed by atoms with E-state index in [0.717, 1.165) is 5.56 Å². The van der Waals surface area contributed by atoms with Gasteiger partial charge in [0.25, 0.3) is 5.91 Å². The smallest absolute Gasteiger partial charge is 0.262 e. The van der Waals surface area contributed by atoms with Crippen LogP contribution in [0.5, 0.6) is 11.5 Å².